The third-order valence-electron chi connectivity index (χ3n) is 3.51. The second-order valence-electron chi connectivity index (χ2n) is 5.76. The van der Waals surface area contributed by atoms with Crippen LogP contribution in [0, 0.1) is 10.1 Å². The molecule has 0 aliphatic carbocycles. The molecular weight excluding hydrogens is 274 g/mol. The zero-order chi connectivity index (χ0) is 15.8. The zero-order valence-corrected chi connectivity index (χ0v) is 12.1. The number of carbonyl (C=O) groups excluding carboxylic acids is 1. The second-order valence-corrected chi connectivity index (χ2v) is 5.76. The maximum Gasteiger partial charge on any atom is 0.338 e. The molecule has 0 amide bonds. The molecule has 2 rings (SSSR count). The number of non-ortho nitro benzene ring substituents is 1. The lowest BCUT2D eigenvalue weighted by Gasteiger charge is -2.32. The van der Waals surface area contributed by atoms with Gasteiger partial charge in [0.2, 0.25) is 0 Å². The quantitative estimate of drug-likeness (QED) is 0.524. The number of esters is 1. The van der Waals surface area contributed by atoms with E-state index in [0.29, 0.717) is 5.56 Å². The van der Waals surface area contributed by atoms with Gasteiger partial charge in [0.25, 0.3) is 5.69 Å². The number of aliphatic hydroxyl groups excluding tert-OH is 1. The Labute approximate surface area is 122 Å². The van der Waals surface area contributed by atoms with Crippen molar-refractivity contribution in [2.24, 2.45) is 0 Å². The largest absolute Gasteiger partial charge is 0.512 e. The van der Waals surface area contributed by atoms with E-state index in [0.717, 1.165) is 0 Å². The number of nitrogens with zero attached hydrogens (tertiary/aromatic N) is 1. The van der Waals surface area contributed by atoms with Gasteiger partial charge < -0.3 is 9.84 Å². The van der Waals surface area contributed by atoms with E-state index in [1.54, 1.807) is 32.9 Å². The van der Waals surface area contributed by atoms with Crippen molar-refractivity contribution in [3.05, 3.63) is 51.3 Å². The number of hydrogen-bond donors (Lipinski definition) is 1. The molecule has 1 aromatic rings. The third-order valence-corrected chi connectivity index (χ3v) is 3.51. The predicted octanol–water partition coefficient (Wildman–Crippen LogP) is 3.24. The van der Waals surface area contributed by atoms with Crippen molar-refractivity contribution in [2.45, 2.75) is 38.7 Å². The molecule has 1 unspecified atom stereocenters. The lowest BCUT2D eigenvalue weighted by molar-refractivity contribution is -0.384. The molecular formula is C15H17NO5. The van der Waals surface area contributed by atoms with Gasteiger partial charge in [0.1, 0.15) is 11.4 Å². The monoisotopic (exact) mass is 291 g/mol. The second kappa shape index (κ2) is 5.20. The summed E-state index contributed by atoms with van der Waals surface area (Å²) in [5.41, 5.74) is -0.0475. The highest BCUT2D eigenvalue weighted by Gasteiger charge is 2.37. The fourth-order valence-electron chi connectivity index (χ4n) is 2.46. The molecule has 1 aromatic carbocycles. The first-order chi connectivity index (χ1) is 9.71. The molecule has 1 atom stereocenters. The summed E-state index contributed by atoms with van der Waals surface area (Å²) in [5, 5.41) is 20.9. The van der Waals surface area contributed by atoms with Gasteiger partial charge in [-0.2, -0.15) is 0 Å². The van der Waals surface area contributed by atoms with E-state index in [-0.39, 0.29) is 23.4 Å². The van der Waals surface area contributed by atoms with Gasteiger partial charge in [-0.3, -0.25) is 10.1 Å². The number of ether oxygens (including phenoxy) is 1. The predicted molar refractivity (Wildman–Crippen MR) is 76.0 cm³/mol. The van der Waals surface area contributed by atoms with E-state index in [1.165, 1.54) is 12.1 Å². The summed E-state index contributed by atoms with van der Waals surface area (Å²) in [6, 6.07) is 6.02. The Hall–Kier alpha value is -2.37. The average molecular weight is 291 g/mol. The molecule has 1 heterocycles. The highest BCUT2D eigenvalue weighted by molar-refractivity contribution is 5.92. The molecule has 1 aliphatic heterocycles. The van der Waals surface area contributed by atoms with Crippen LogP contribution in [0.1, 0.15) is 38.7 Å². The van der Waals surface area contributed by atoms with Crippen LogP contribution in [-0.2, 0) is 9.53 Å². The van der Waals surface area contributed by atoms with E-state index in [1.807, 2.05) is 0 Å². The Balaban J connectivity index is 2.40. The number of nitro groups is 1. The molecule has 0 bridgehead atoms. The van der Waals surface area contributed by atoms with Crippen LogP contribution in [0.3, 0.4) is 0 Å². The number of carbonyl (C=O) groups is 1. The molecule has 6 heteroatoms. The number of cyclic esters (lactones) is 1. The van der Waals surface area contributed by atoms with Gasteiger partial charge in [-0.05, 0) is 19.4 Å². The molecule has 21 heavy (non-hydrogen) atoms. The first kappa shape index (κ1) is 15.0. The van der Waals surface area contributed by atoms with Crippen LogP contribution in [0.2, 0.25) is 0 Å². The van der Waals surface area contributed by atoms with Crippen LogP contribution in [-0.4, -0.2) is 21.6 Å². The van der Waals surface area contributed by atoms with E-state index >= 15 is 0 Å². The molecule has 1 N–H and O–H groups in total. The fraction of sp³-hybridized carbons (Fsp3) is 0.400. The van der Waals surface area contributed by atoms with Crippen molar-refractivity contribution in [1.82, 2.24) is 0 Å². The summed E-state index contributed by atoms with van der Waals surface area (Å²) < 4.78 is 5.29. The number of benzene rings is 1. The van der Waals surface area contributed by atoms with Crippen LogP contribution in [0.15, 0.2) is 35.6 Å². The van der Waals surface area contributed by atoms with Gasteiger partial charge in [0.05, 0.1) is 10.5 Å². The standard InChI is InChI=1S/C15H17NO5/c1-9(10-5-4-6-11(7-10)16(19)20)13-12(17)8-15(2,3)21-14(13)18/h4-7,9,17H,8H2,1-3H3. The Kier molecular flexibility index (Phi) is 3.72. The molecule has 0 fully saturated rings. The molecule has 6 nitrogen and oxygen atoms in total. The molecule has 0 spiro atoms. The van der Waals surface area contributed by atoms with Crippen LogP contribution >= 0.6 is 0 Å². The minimum atomic E-state index is -0.743. The van der Waals surface area contributed by atoms with Crippen LogP contribution in [0.5, 0.6) is 0 Å². The van der Waals surface area contributed by atoms with Crippen LogP contribution < -0.4 is 0 Å². The highest BCUT2D eigenvalue weighted by Crippen LogP contribution is 2.36. The lowest BCUT2D eigenvalue weighted by Crippen LogP contribution is -2.35. The van der Waals surface area contributed by atoms with Crippen molar-refractivity contribution in [3.8, 4) is 0 Å². The van der Waals surface area contributed by atoms with Gasteiger partial charge in [-0.1, -0.05) is 19.1 Å². The first-order valence-electron chi connectivity index (χ1n) is 6.61. The smallest absolute Gasteiger partial charge is 0.338 e. The molecule has 1 aliphatic rings. The van der Waals surface area contributed by atoms with Crippen LogP contribution in [0.25, 0.3) is 0 Å². The molecule has 0 saturated heterocycles. The summed E-state index contributed by atoms with van der Waals surface area (Å²) in [5.74, 6) is -1.08. The van der Waals surface area contributed by atoms with Crippen molar-refractivity contribution in [3.63, 3.8) is 0 Å². The van der Waals surface area contributed by atoms with Crippen molar-refractivity contribution < 1.29 is 19.6 Å². The molecule has 0 radical (unpaired) electrons. The number of nitro benzene ring substituents is 1. The minimum absolute atomic E-state index is 0.0183. The SMILES string of the molecule is CC(C1=C(O)CC(C)(C)OC1=O)c1cccc([N+](=O)[O-])c1. The normalized spacial score (nSPS) is 19.1. The first-order valence-corrected chi connectivity index (χ1v) is 6.61. The number of rotatable bonds is 3. The maximum atomic E-state index is 12.1. The van der Waals surface area contributed by atoms with Gasteiger partial charge in [-0.15, -0.1) is 0 Å². The lowest BCUT2D eigenvalue weighted by atomic mass is 9.87. The van der Waals surface area contributed by atoms with Gasteiger partial charge in [0, 0.05) is 24.5 Å². The summed E-state index contributed by atoms with van der Waals surface area (Å²) >= 11 is 0. The van der Waals surface area contributed by atoms with E-state index in [9.17, 15) is 20.0 Å². The maximum absolute atomic E-state index is 12.1. The third kappa shape index (κ3) is 3.04. The Morgan fingerprint density at radius 2 is 2.10 bits per heavy atom. The van der Waals surface area contributed by atoms with Crippen molar-refractivity contribution in [1.29, 1.82) is 0 Å². The Bertz CT molecular complexity index is 633. The number of hydrogen-bond acceptors (Lipinski definition) is 5. The highest BCUT2D eigenvalue weighted by atomic mass is 16.6. The molecule has 0 saturated carbocycles. The Morgan fingerprint density at radius 1 is 1.43 bits per heavy atom. The van der Waals surface area contributed by atoms with Crippen molar-refractivity contribution in [2.75, 3.05) is 0 Å². The van der Waals surface area contributed by atoms with E-state index in [2.05, 4.69) is 0 Å². The van der Waals surface area contributed by atoms with Crippen LogP contribution in [0.4, 0.5) is 5.69 Å². The van der Waals surface area contributed by atoms with E-state index < -0.39 is 22.4 Å². The summed E-state index contributed by atoms with van der Waals surface area (Å²) in [4.78, 5) is 22.4. The van der Waals surface area contributed by atoms with Gasteiger partial charge >= 0.3 is 5.97 Å². The summed E-state index contributed by atoms with van der Waals surface area (Å²) in [7, 11) is 0. The van der Waals surface area contributed by atoms with E-state index in [4.69, 9.17) is 4.74 Å². The average Bonchev–Trinajstić information content (AvgIpc) is 2.36. The minimum Gasteiger partial charge on any atom is -0.512 e. The summed E-state index contributed by atoms with van der Waals surface area (Å²) in [6.07, 6.45) is 0.230. The van der Waals surface area contributed by atoms with Crippen molar-refractivity contribution >= 4 is 11.7 Å². The molecule has 112 valence electrons. The molecule has 0 aromatic heterocycles. The zero-order valence-electron chi connectivity index (χ0n) is 12.1. The fourth-order valence-corrected chi connectivity index (χ4v) is 2.46. The van der Waals surface area contributed by atoms with Gasteiger partial charge in [-0.25, -0.2) is 4.79 Å². The van der Waals surface area contributed by atoms with Gasteiger partial charge in [0.15, 0.2) is 0 Å². The summed E-state index contributed by atoms with van der Waals surface area (Å²) in [6.45, 7) is 5.15. The topological polar surface area (TPSA) is 89.7 Å². The number of aliphatic hydroxyl groups is 1. The Morgan fingerprint density at radius 3 is 2.67 bits per heavy atom.